The molecule has 1 atom stereocenters. The Labute approximate surface area is 164 Å². The molecule has 0 aliphatic rings. The van der Waals surface area contributed by atoms with Crippen LogP contribution in [0.1, 0.15) is 25.3 Å². The zero-order valence-electron chi connectivity index (χ0n) is 15.7. The normalized spacial score (nSPS) is 12.8. The van der Waals surface area contributed by atoms with Gasteiger partial charge in [0.05, 0.1) is 24.3 Å². The van der Waals surface area contributed by atoms with Gasteiger partial charge < -0.3 is 19.6 Å². The highest BCUT2D eigenvalue weighted by atomic mass is 32.2. The van der Waals surface area contributed by atoms with Crippen LogP contribution in [0.15, 0.2) is 27.5 Å². The Morgan fingerprint density at radius 2 is 2.11 bits per heavy atom. The molecule has 1 unspecified atom stereocenters. The second-order valence-corrected chi connectivity index (χ2v) is 9.27. The third-order valence-electron chi connectivity index (χ3n) is 4.24. The number of nitrogen functional groups attached to an aromatic ring is 1. The molecule has 9 heteroatoms. The second-order valence-electron chi connectivity index (χ2n) is 6.50. The smallest absolute Gasteiger partial charge is 0.253 e. The van der Waals surface area contributed by atoms with Gasteiger partial charge in [-0.15, -0.1) is 0 Å². The molecule has 0 fully saturated rings. The van der Waals surface area contributed by atoms with Crippen molar-refractivity contribution in [3.05, 3.63) is 34.4 Å². The summed E-state index contributed by atoms with van der Waals surface area (Å²) in [6.07, 6.45) is 1.48. The topological polar surface area (TPSA) is 106 Å². The first kappa shape index (κ1) is 19.8. The molecule has 0 aliphatic heterocycles. The molecule has 144 valence electrons. The fraction of sp³-hybridized carbons (Fsp3) is 0.389. The number of nitrogens with zero attached hydrogens (tertiary/aromatic N) is 3. The Kier molecular flexibility index (Phi) is 5.85. The van der Waals surface area contributed by atoms with Gasteiger partial charge in [0.15, 0.2) is 0 Å². The van der Waals surface area contributed by atoms with Crippen molar-refractivity contribution in [2.24, 2.45) is 7.05 Å². The van der Waals surface area contributed by atoms with Gasteiger partial charge in [0.25, 0.3) is 5.56 Å². The van der Waals surface area contributed by atoms with Crippen molar-refractivity contribution in [3.63, 3.8) is 0 Å². The minimum atomic E-state index is -1.25. The molecule has 0 aromatic carbocycles. The van der Waals surface area contributed by atoms with Crippen LogP contribution in [0.25, 0.3) is 21.6 Å². The van der Waals surface area contributed by atoms with E-state index in [1.54, 1.807) is 14.2 Å². The fourth-order valence-corrected chi connectivity index (χ4v) is 5.31. The Morgan fingerprint density at radius 3 is 2.74 bits per heavy atom. The Morgan fingerprint density at radius 1 is 1.37 bits per heavy atom. The molecule has 3 heterocycles. The summed E-state index contributed by atoms with van der Waals surface area (Å²) in [5.74, 6) is 0.561. The van der Waals surface area contributed by atoms with Crippen LogP contribution in [-0.2, 0) is 23.0 Å². The first-order valence-corrected chi connectivity index (χ1v) is 10.6. The van der Waals surface area contributed by atoms with E-state index in [0.717, 1.165) is 10.9 Å². The molecular weight excluding hydrogens is 384 g/mol. The number of rotatable bonds is 6. The van der Waals surface area contributed by atoms with Gasteiger partial charge in [0, 0.05) is 36.8 Å². The number of methoxy groups -OCH3 is 1. The monoisotopic (exact) mass is 406 g/mol. The van der Waals surface area contributed by atoms with Gasteiger partial charge in [0.2, 0.25) is 4.21 Å². The van der Waals surface area contributed by atoms with Crippen molar-refractivity contribution in [1.82, 2.24) is 14.5 Å². The molecule has 0 radical (unpaired) electrons. The average molecular weight is 407 g/mol. The first-order chi connectivity index (χ1) is 12.8. The van der Waals surface area contributed by atoms with Gasteiger partial charge >= 0.3 is 0 Å². The molecular formula is C18H22N4O3S2. The van der Waals surface area contributed by atoms with E-state index in [4.69, 9.17) is 10.5 Å². The summed E-state index contributed by atoms with van der Waals surface area (Å²) < 4.78 is 19.6. The molecule has 0 spiro atoms. The molecule has 3 rings (SSSR count). The maximum atomic E-state index is 12.6. The Balaban J connectivity index is 2.18. The highest BCUT2D eigenvalue weighted by Crippen LogP contribution is 2.41. The largest absolute Gasteiger partial charge is 0.611 e. The van der Waals surface area contributed by atoms with Crippen molar-refractivity contribution >= 4 is 38.4 Å². The summed E-state index contributed by atoms with van der Waals surface area (Å²) in [5, 5.41) is 0.836. The summed E-state index contributed by atoms with van der Waals surface area (Å²) in [4.78, 5) is 21.7. The Hall–Kier alpha value is -1.94. The van der Waals surface area contributed by atoms with Crippen LogP contribution in [-0.4, -0.2) is 38.6 Å². The van der Waals surface area contributed by atoms with Gasteiger partial charge in [-0.1, -0.05) is 25.2 Å². The van der Waals surface area contributed by atoms with Crippen LogP contribution < -0.4 is 11.3 Å². The summed E-state index contributed by atoms with van der Waals surface area (Å²) in [6.45, 7) is 4.52. The number of hydrogen-bond acceptors (Lipinski definition) is 7. The molecule has 2 N–H and O–H groups in total. The number of aryl methyl sites for hydroxylation is 1. The molecule has 0 saturated heterocycles. The summed E-state index contributed by atoms with van der Waals surface area (Å²) in [6, 6.07) is 3.38. The van der Waals surface area contributed by atoms with Crippen molar-refractivity contribution in [2.75, 3.05) is 25.2 Å². The number of hydrogen-bond donors (Lipinski definition) is 1. The van der Waals surface area contributed by atoms with Gasteiger partial charge in [-0.05, 0) is 17.5 Å². The second kappa shape index (κ2) is 7.97. The lowest BCUT2D eigenvalue weighted by Crippen LogP contribution is -2.16. The summed E-state index contributed by atoms with van der Waals surface area (Å²) in [5.41, 5.74) is 8.84. The van der Waals surface area contributed by atoms with Gasteiger partial charge in [0.1, 0.15) is 16.3 Å². The van der Waals surface area contributed by atoms with E-state index in [0.29, 0.717) is 38.5 Å². The minimum absolute atomic E-state index is 0.153. The predicted molar refractivity (Wildman–Crippen MR) is 110 cm³/mol. The van der Waals surface area contributed by atoms with Crippen LogP contribution in [0.3, 0.4) is 0 Å². The van der Waals surface area contributed by atoms with Crippen LogP contribution in [0.2, 0.25) is 0 Å². The maximum absolute atomic E-state index is 12.6. The van der Waals surface area contributed by atoms with Gasteiger partial charge in [-0.2, -0.15) is 0 Å². The van der Waals surface area contributed by atoms with E-state index in [1.165, 1.54) is 28.3 Å². The lowest BCUT2D eigenvalue weighted by Gasteiger charge is -2.11. The molecule has 3 aromatic heterocycles. The molecule has 0 saturated carbocycles. The molecule has 27 heavy (non-hydrogen) atoms. The number of anilines is 1. The summed E-state index contributed by atoms with van der Waals surface area (Å²) >= 11 is 0.0799. The van der Waals surface area contributed by atoms with Gasteiger partial charge in [-0.3, -0.25) is 4.79 Å². The van der Waals surface area contributed by atoms with Crippen LogP contribution in [0.4, 0.5) is 5.69 Å². The van der Waals surface area contributed by atoms with E-state index < -0.39 is 11.2 Å². The number of ether oxygens (including phenoxy) is 1. The summed E-state index contributed by atoms with van der Waals surface area (Å²) in [7, 11) is 3.23. The van der Waals surface area contributed by atoms with E-state index in [1.807, 2.05) is 6.07 Å². The van der Waals surface area contributed by atoms with Crippen molar-refractivity contribution in [3.8, 4) is 11.4 Å². The van der Waals surface area contributed by atoms with E-state index in [2.05, 4.69) is 23.8 Å². The molecule has 0 amide bonds. The standard InChI is InChI=1S/C18H22N4O3S2/c1-10(2)11-7-13(12-8-14(23)22(3)9-20-12)21-17-15(11)16(19)18(26-17)27(24)6-5-25-4/h7-10H,5-6,19H2,1-4H3. The quantitative estimate of drug-likeness (QED) is 0.631. The van der Waals surface area contributed by atoms with Crippen molar-refractivity contribution < 1.29 is 9.29 Å². The van der Waals surface area contributed by atoms with Crippen LogP contribution in [0.5, 0.6) is 0 Å². The number of aromatic nitrogens is 3. The van der Waals surface area contributed by atoms with Gasteiger partial charge in [-0.25, -0.2) is 9.97 Å². The lowest BCUT2D eigenvalue weighted by atomic mass is 9.99. The Bertz CT molecular complexity index is 1030. The van der Waals surface area contributed by atoms with Crippen LogP contribution in [0, 0.1) is 0 Å². The zero-order valence-corrected chi connectivity index (χ0v) is 17.3. The number of fused-ring (bicyclic) bond motifs is 1. The number of thiophene rings is 1. The van der Waals surface area contributed by atoms with Crippen molar-refractivity contribution in [2.45, 2.75) is 24.0 Å². The maximum Gasteiger partial charge on any atom is 0.253 e. The number of nitrogens with two attached hydrogens (primary N) is 1. The van der Waals surface area contributed by atoms with E-state index in [-0.39, 0.29) is 11.5 Å². The molecule has 0 aliphatic carbocycles. The van der Waals surface area contributed by atoms with E-state index >= 15 is 0 Å². The average Bonchev–Trinajstić information content (AvgIpc) is 2.98. The predicted octanol–water partition coefficient (Wildman–Crippen LogP) is 2.52. The third-order valence-corrected chi connectivity index (χ3v) is 7.11. The number of pyridine rings is 1. The zero-order chi connectivity index (χ0) is 19.7. The molecule has 0 bridgehead atoms. The highest BCUT2D eigenvalue weighted by Gasteiger charge is 2.25. The molecule has 3 aromatic rings. The first-order valence-electron chi connectivity index (χ1n) is 8.46. The van der Waals surface area contributed by atoms with E-state index in [9.17, 15) is 9.35 Å². The minimum Gasteiger partial charge on any atom is -0.611 e. The third kappa shape index (κ3) is 3.86. The van der Waals surface area contributed by atoms with Crippen LogP contribution >= 0.6 is 11.3 Å². The lowest BCUT2D eigenvalue weighted by molar-refractivity contribution is 0.217. The fourth-order valence-electron chi connectivity index (χ4n) is 2.74. The SMILES string of the molecule is COCC[S+]([O-])c1sc2nc(-c3cc(=O)n(C)cn3)cc(C(C)C)c2c1N. The molecule has 7 nitrogen and oxygen atoms in total. The highest BCUT2D eigenvalue weighted by molar-refractivity contribution is 7.93. The van der Waals surface area contributed by atoms with Crippen molar-refractivity contribution in [1.29, 1.82) is 0 Å².